The van der Waals surface area contributed by atoms with Gasteiger partial charge in [-0.25, -0.2) is 0 Å². The Bertz CT molecular complexity index is 300. The van der Waals surface area contributed by atoms with Gasteiger partial charge in [0.25, 0.3) is 0 Å². The van der Waals surface area contributed by atoms with Crippen molar-refractivity contribution in [1.29, 1.82) is 0 Å². The van der Waals surface area contributed by atoms with Crippen LogP contribution in [0.15, 0.2) is 23.9 Å². The molecular weight excluding hydrogens is 174 g/mol. The lowest BCUT2D eigenvalue weighted by Gasteiger charge is -2.24. The molecule has 3 heteroatoms. The van der Waals surface area contributed by atoms with Crippen LogP contribution in [0.3, 0.4) is 0 Å². The Balaban J connectivity index is 1.87. The lowest BCUT2D eigenvalue weighted by Crippen LogP contribution is -2.28. The summed E-state index contributed by atoms with van der Waals surface area (Å²) in [7, 11) is 0. The Morgan fingerprint density at radius 3 is 3.07 bits per heavy atom. The van der Waals surface area contributed by atoms with Crippen molar-refractivity contribution in [1.82, 2.24) is 15.1 Å². The van der Waals surface area contributed by atoms with Crippen molar-refractivity contribution in [2.24, 2.45) is 0 Å². The maximum absolute atomic E-state index is 4.16. The third-order valence-electron chi connectivity index (χ3n) is 2.79. The van der Waals surface area contributed by atoms with E-state index in [-0.39, 0.29) is 0 Å². The first-order valence-corrected chi connectivity index (χ1v) is 5.27. The zero-order chi connectivity index (χ0) is 9.80. The molecule has 0 atom stereocenters. The standard InChI is InChI=1S/C11H17N3/c1-2-10-4-7-14(8-5-10)9-11-3-6-12-13-11/h3-4,6H,2,5,7-9H2,1H3,(H,12,13). The predicted octanol–water partition coefficient (Wildman–Crippen LogP) is 1.95. The predicted molar refractivity (Wildman–Crippen MR) is 56.9 cm³/mol. The number of hydrogen-bond donors (Lipinski definition) is 1. The lowest BCUT2D eigenvalue weighted by molar-refractivity contribution is 0.281. The first kappa shape index (κ1) is 9.46. The van der Waals surface area contributed by atoms with Gasteiger partial charge in [0.05, 0.1) is 5.69 Å². The first-order valence-electron chi connectivity index (χ1n) is 5.27. The molecule has 76 valence electrons. The van der Waals surface area contributed by atoms with Crippen molar-refractivity contribution in [3.8, 4) is 0 Å². The highest BCUT2D eigenvalue weighted by Gasteiger charge is 2.11. The van der Waals surface area contributed by atoms with Crippen LogP contribution in [-0.2, 0) is 6.54 Å². The second-order valence-corrected chi connectivity index (χ2v) is 3.77. The summed E-state index contributed by atoms with van der Waals surface area (Å²) in [6, 6.07) is 2.04. The Morgan fingerprint density at radius 2 is 2.50 bits per heavy atom. The Hall–Kier alpha value is -1.09. The highest BCUT2D eigenvalue weighted by Crippen LogP contribution is 2.14. The van der Waals surface area contributed by atoms with E-state index in [0.717, 1.165) is 18.8 Å². The highest BCUT2D eigenvalue weighted by molar-refractivity contribution is 5.07. The number of H-pyrrole nitrogens is 1. The maximum Gasteiger partial charge on any atom is 0.0762 e. The molecule has 1 aromatic heterocycles. The fraction of sp³-hybridized carbons (Fsp3) is 0.545. The molecule has 1 aliphatic heterocycles. The molecule has 0 saturated heterocycles. The number of nitrogens with zero attached hydrogens (tertiary/aromatic N) is 2. The van der Waals surface area contributed by atoms with Gasteiger partial charge in [-0.15, -0.1) is 0 Å². The SMILES string of the molecule is CCC1=CCN(Cc2cc[nH]n2)CC1. The summed E-state index contributed by atoms with van der Waals surface area (Å²) in [5.74, 6) is 0. The molecule has 0 aliphatic carbocycles. The molecule has 0 unspecified atom stereocenters. The van der Waals surface area contributed by atoms with E-state index in [9.17, 15) is 0 Å². The van der Waals surface area contributed by atoms with Crippen molar-refractivity contribution in [2.75, 3.05) is 13.1 Å². The molecule has 2 heterocycles. The summed E-state index contributed by atoms with van der Waals surface area (Å²) in [5, 5.41) is 7.01. The van der Waals surface area contributed by atoms with Crippen LogP contribution in [0.5, 0.6) is 0 Å². The molecule has 0 aromatic carbocycles. The number of aromatic amines is 1. The normalized spacial score (nSPS) is 18.2. The van der Waals surface area contributed by atoms with Crippen LogP contribution in [0.2, 0.25) is 0 Å². The third-order valence-corrected chi connectivity index (χ3v) is 2.79. The molecule has 14 heavy (non-hydrogen) atoms. The van der Waals surface area contributed by atoms with Crippen LogP contribution < -0.4 is 0 Å². The monoisotopic (exact) mass is 191 g/mol. The fourth-order valence-electron chi connectivity index (χ4n) is 1.83. The van der Waals surface area contributed by atoms with Gasteiger partial charge in [0.15, 0.2) is 0 Å². The molecule has 1 aliphatic rings. The van der Waals surface area contributed by atoms with Gasteiger partial charge in [0.2, 0.25) is 0 Å². The fourth-order valence-corrected chi connectivity index (χ4v) is 1.83. The summed E-state index contributed by atoms with van der Waals surface area (Å²) < 4.78 is 0. The van der Waals surface area contributed by atoms with Gasteiger partial charge in [-0.05, 0) is 18.9 Å². The summed E-state index contributed by atoms with van der Waals surface area (Å²) in [6.07, 6.45) is 6.67. The Morgan fingerprint density at radius 1 is 1.57 bits per heavy atom. The van der Waals surface area contributed by atoms with Crippen molar-refractivity contribution >= 4 is 0 Å². The molecule has 0 bridgehead atoms. The summed E-state index contributed by atoms with van der Waals surface area (Å²) in [4.78, 5) is 2.43. The van der Waals surface area contributed by atoms with E-state index in [2.05, 4.69) is 28.1 Å². The van der Waals surface area contributed by atoms with E-state index in [1.165, 1.54) is 19.4 Å². The second-order valence-electron chi connectivity index (χ2n) is 3.77. The van der Waals surface area contributed by atoms with Crippen LogP contribution in [0.25, 0.3) is 0 Å². The van der Waals surface area contributed by atoms with Crippen LogP contribution in [0, 0.1) is 0 Å². The molecule has 1 aromatic rings. The lowest BCUT2D eigenvalue weighted by atomic mass is 10.1. The molecule has 1 N–H and O–H groups in total. The van der Waals surface area contributed by atoms with E-state index >= 15 is 0 Å². The van der Waals surface area contributed by atoms with Crippen LogP contribution in [0.1, 0.15) is 25.5 Å². The maximum atomic E-state index is 4.16. The highest BCUT2D eigenvalue weighted by atomic mass is 15.2. The molecule has 0 saturated carbocycles. The van der Waals surface area contributed by atoms with Gasteiger partial charge < -0.3 is 0 Å². The minimum Gasteiger partial charge on any atom is -0.293 e. The summed E-state index contributed by atoms with van der Waals surface area (Å²) in [6.45, 7) is 5.45. The molecule has 0 amide bonds. The Labute approximate surface area is 84.8 Å². The molecular formula is C11H17N3. The van der Waals surface area contributed by atoms with E-state index in [1.54, 1.807) is 5.57 Å². The van der Waals surface area contributed by atoms with E-state index in [0.29, 0.717) is 0 Å². The van der Waals surface area contributed by atoms with Gasteiger partial charge >= 0.3 is 0 Å². The number of aromatic nitrogens is 2. The minimum absolute atomic E-state index is 0.969. The molecule has 3 nitrogen and oxygen atoms in total. The molecule has 2 rings (SSSR count). The molecule has 0 radical (unpaired) electrons. The van der Waals surface area contributed by atoms with Gasteiger partial charge in [-0.3, -0.25) is 10.00 Å². The minimum atomic E-state index is 0.969. The smallest absolute Gasteiger partial charge is 0.0762 e. The quantitative estimate of drug-likeness (QED) is 0.740. The van der Waals surface area contributed by atoms with Gasteiger partial charge in [0, 0.05) is 25.8 Å². The average Bonchev–Trinajstić information content (AvgIpc) is 2.72. The van der Waals surface area contributed by atoms with E-state index in [1.807, 2.05) is 12.3 Å². The van der Waals surface area contributed by atoms with Gasteiger partial charge in [0.1, 0.15) is 0 Å². The molecule has 0 spiro atoms. The van der Waals surface area contributed by atoms with Crippen molar-refractivity contribution in [3.05, 3.63) is 29.6 Å². The first-order chi connectivity index (χ1) is 6.88. The van der Waals surface area contributed by atoms with Crippen molar-refractivity contribution in [2.45, 2.75) is 26.3 Å². The van der Waals surface area contributed by atoms with E-state index < -0.39 is 0 Å². The summed E-state index contributed by atoms with van der Waals surface area (Å²) >= 11 is 0. The summed E-state index contributed by atoms with van der Waals surface area (Å²) in [5.41, 5.74) is 2.74. The van der Waals surface area contributed by atoms with Gasteiger partial charge in [-0.1, -0.05) is 18.6 Å². The van der Waals surface area contributed by atoms with Crippen LogP contribution >= 0.6 is 0 Å². The zero-order valence-electron chi connectivity index (χ0n) is 8.66. The second kappa shape index (κ2) is 4.42. The third kappa shape index (κ3) is 2.23. The zero-order valence-corrected chi connectivity index (χ0v) is 8.66. The van der Waals surface area contributed by atoms with Gasteiger partial charge in [-0.2, -0.15) is 5.10 Å². The van der Waals surface area contributed by atoms with Crippen LogP contribution in [-0.4, -0.2) is 28.2 Å². The Kier molecular flexibility index (Phi) is 2.99. The van der Waals surface area contributed by atoms with E-state index in [4.69, 9.17) is 0 Å². The topological polar surface area (TPSA) is 31.9 Å². The van der Waals surface area contributed by atoms with Crippen molar-refractivity contribution in [3.63, 3.8) is 0 Å². The largest absolute Gasteiger partial charge is 0.293 e. The average molecular weight is 191 g/mol. The number of nitrogens with one attached hydrogen (secondary N) is 1. The number of hydrogen-bond acceptors (Lipinski definition) is 2. The number of rotatable bonds is 3. The molecule has 0 fully saturated rings. The van der Waals surface area contributed by atoms with Crippen molar-refractivity contribution < 1.29 is 0 Å². The van der Waals surface area contributed by atoms with Crippen LogP contribution in [0.4, 0.5) is 0 Å².